The van der Waals surface area contributed by atoms with E-state index in [9.17, 15) is 14.7 Å². The minimum absolute atomic E-state index is 0.0303. The molecule has 1 amide bonds. The predicted molar refractivity (Wildman–Crippen MR) is 109 cm³/mol. The summed E-state index contributed by atoms with van der Waals surface area (Å²) in [7, 11) is 0. The number of aliphatic hydroxyl groups is 1. The lowest BCUT2D eigenvalue weighted by Gasteiger charge is -2.23. The zero-order valence-electron chi connectivity index (χ0n) is 14.3. The molecule has 1 aliphatic rings. The van der Waals surface area contributed by atoms with Gasteiger partial charge in [-0.2, -0.15) is 0 Å². The van der Waals surface area contributed by atoms with E-state index in [1.807, 2.05) is 0 Å². The fourth-order valence-corrected chi connectivity index (χ4v) is 3.57. The van der Waals surface area contributed by atoms with E-state index in [1.165, 1.54) is 11.2 Å². The first kappa shape index (κ1) is 18.5. The minimum atomic E-state index is -0.889. The number of halogens is 2. The first-order valence-corrected chi connectivity index (χ1v) is 9.50. The Bertz CT molecular complexity index is 1070. The molecule has 0 bridgehead atoms. The lowest BCUT2D eigenvalue weighted by molar-refractivity contribution is -0.132. The second-order valence-electron chi connectivity index (χ2n) is 6.17. The third kappa shape index (κ3) is 3.15. The van der Waals surface area contributed by atoms with Gasteiger partial charge in [-0.05, 0) is 48.5 Å². The zero-order chi connectivity index (χ0) is 19.8. The summed E-state index contributed by atoms with van der Waals surface area (Å²) >= 11 is 9.29. The monoisotopic (exact) mass is 457 g/mol. The molecule has 1 aliphatic heterocycles. The van der Waals surface area contributed by atoms with Crippen molar-refractivity contribution in [3.63, 3.8) is 0 Å². The van der Waals surface area contributed by atoms with Crippen LogP contribution in [0.1, 0.15) is 17.4 Å². The Morgan fingerprint density at radius 2 is 1.71 bits per heavy atom. The average Bonchev–Trinajstić information content (AvgIpc) is 3.30. The van der Waals surface area contributed by atoms with E-state index in [0.29, 0.717) is 22.0 Å². The summed E-state index contributed by atoms with van der Waals surface area (Å²) in [6, 6.07) is 15.8. The number of ketones is 1. The Labute approximate surface area is 174 Å². The van der Waals surface area contributed by atoms with Crippen LogP contribution in [-0.4, -0.2) is 16.8 Å². The van der Waals surface area contributed by atoms with Crippen LogP contribution in [0.4, 0.5) is 5.69 Å². The number of carbonyl (C=O) groups excluding carboxylic acids is 2. The van der Waals surface area contributed by atoms with E-state index in [1.54, 1.807) is 60.7 Å². The Morgan fingerprint density at radius 1 is 1.04 bits per heavy atom. The van der Waals surface area contributed by atoms with Crippen molar-refractivity contribution in [2.24, 2.45) is 0 Å². The van der Waals surface area contributed by atoms with Gasteiger partial charge in [0.25, 0.3) is 11.7 Å². The van der Waals surface area contributed by atoms with E-state index in [-0.39, 0.29) is 11.3 Å². The molecule has 0 spiro atoms. The molecule has 140 valence electrons. The van der Waals surface area contributed by atoms with Gasteiger partial charge in [0.15, 0.2) is 0 Å². The molecule has 1 aromatic heterocycles. The normalized spacial score (nSPS) is 18.6. The molecule has 3 aromatic rings. The van der Waals surface area contributed by atoms with E-state index in [4.69, 9.17) is 16.0 Å². The van der Waals surface area contributed by atoms with E-state index < -0.39 is 17.7 Å². The molecule has 28 heavy (non-hydrogen) atoms. The van der Waals surface area contributed by atoms with Gasteiger partial charge in [0.05, 0.1) is 11.8 Å². The Balaban J connectivity index is 1.91. The van der Waals surface area contributed by atoms with Crippen molar-refractivity contribution in [3.8, 4) is 0 Å². The highest BCUT2D eigenvalue weighted by Gasteiger charge is 2.48. The number of aliphatic hydroxyl groups excluding tert-OH is 1. The zero-order valence-corrected chi connectivity index (χ0v) is 16.6. The van der Waals surface area contributed by atoms with Crippen molar-refractivity contribution in [1.29, 1.82) is 0 Å². The number of anilines is 1. The summed E-state index contributed by atoms with van der Waals surface area (Å²) in [6.07, 6.45) is 1.46. The summed E-state index contributed by atoms with van der Waals surface area (Å²) in [6.45, 7) is 0. The van der Waals surface area contributed by atoms with E-state index in [2.05, 4.69) is 15.9 Å². The van der Waals surface area contributed by atoms with Gasteiger partial charge in [0.1, 0.15) is 17.6 Å². The molecular formula is C21H13BrClNO4. The number of benzene rings is 2. The Hall–Kier alpha value is -2.83. The third-order valence-corrected chi connectivity index (χ3v) is 5.26. The summed E-state index contributed by atoms with van der Waals surface area (Å²) in [4.78, 5) is 27.0. The van der Waals surface area contributed by atoms with Crippen molar-refractivity contribution >= 4 is 50.7 Å². The second kappa shape index (κ2) is 7.30. The molecule has 1 fully saturated rings. The Kier molecular flexibility index (Phi) is 4.83. The number of Topliss-reactive ketones (excluding diaryl/α,β-unsaturated/α-hetero) is 1. The fraction of sp³-hybridized carbons (Fsp3) is 0.0476. The molecule has 4 rings (SSSR count). The van der Waals surface area contributed by atoms with Crippen LogP contribution in [0.5, 0.6) is 0 Å². The standard InChI is InChI=1S/C21H13BrClNO4/c22-13-5-3-12(4-6-13)19(25)17-18(16-2-1-11-28-16)24(21(27)20(17)26)15-9-7-14(23)8-10-15/h1-11,18,25H/b19-17-. The SMILES string of the molecule is O=C1C(=O)N(c2ccc(Cl)cc2)C(c2ccco2)/C1=C(/O)c1ccc(Br)cc1. The van der Waals surface area contributed by atoms with Crippen molar-refractivity contribution in [2.45, 2.75) is 6.04 Å². The van der Waals surface area contributed by atoms with Gasteiger partial charge < -0.3 is 9.52 Å². The number of carbonyl (C=O) groups is 2. The summed E-state index contributed by atoms with van der Waals surface area (Å²) in [5.74, 6) is -1.42. The van der Waals surface area contributed by atoms with Crippen LogP contribution in [0, 0.1) is 0 Å². The van der Waals surface area contributed by atoms with Gasteiger partial charge in [-0.3, -0.25) is 14.5 Å². The maximum Gasteiger partial charge on any atom is 0.300 e. The minimum Gasteiger partial charge on any atom is -0.507 e. The topological polar surface area (TPSA) is 70.8 Å². The molecular weight excluding hydrogens is 446 g/mol. The molecule has 7 heteroatoms. The number of furan rings is 1. The summed E-state index contributed by atoms with van der Waals surface area (Å²) in [5.41, 5.74) is 0.869. The second-order valence-corrected chi connectivity index (χ2v) is 7.52. The maximum absolute atomic E-state index is 12.9. The van der Waals surface area contributed by atoms with Gasteiger partial charge in [-0.1, -0.05) is 39.7 Å². The molecule has 5 nitrogen and oxygen atoms in total. The van der Waals surface area contributed by atoms with Crippen LogP contribution in [0.2, 0.25) is 5.02 Å². The van der Waals surface area contributed by atoms with Gasteiger partial charge >= 0.3 is 0 Å². The van der Waals surface area contributed by atoms with E-state index >= 15 is 0 Å². The van der Waals surface area contributed by atoms with Crippen LogP contribution >= 0.6 is 27.5 Å². The lowest BCUT2D eigenvalue weighted by atomic mass is 9.99. The summed E-state index contributed by atoms with van der Waals surface area (Å²) in [5, 5.41) is 11.4. The average molecular weight is 459 g/mol. The molecule has 1 N–H and O–H groups in total. The van der Waals surface area contributed by atoms with Crippen LogP contribution in [0.15, 0.2) is 81.4 Å². The highest BCUT2D eigenvalue weighted by molar-refractivity contribution is 9.10. The van der Waals surface area contributed by atoms with Crippen LogP contribution in [0.25, 0.3) is 5.76 Å². The molecule has 1 unspecified atom stereocenters. The maximum atomic E-state index is 12.9. The van der Waals surface area contributed by atoms with Crippen molar-refractivity contribution in [3.05, 3.63) is 93.3 Å². The fourth-order valence-electron chi connectivity index (χ4n) is 3.18. The predicted octanol–water partition coefficient (Wildman–Crippen LogP) is 5.32. The molecule has 1 saturated heterocycles. The molecule has 0 aliphatic carbocycles. The lowest BCUT2D eigenvalue weighted by Crippen LogP contribution is -2.29. The van der Waals surface area contributed by atoms with Gasteiger partial charge in [-0.25, -0.2) is 0 Å². The highest BCUT2D eigenvalue weighted by atomic mass is 79.9. The Morgan fingerprint density at radius 3 is 2.32 bits per heavy atom. The van der Waals surface area contributed by atoms with Gasteiger partial charge in [-0.15, -0.1) is 0 Å². The van der Waals surface area contributed by atoms with E-state index in [0.717, 1.165) is 4.47 Å². The molecule has 0 radical (unpaired) electrons. The number of hydrogen-bond donors (Lipinski definition) is 1. The first-order valence-electron chi connectivity index (χ1n) is 8.33. The molecule has 1 atom stereocenters. The molecule has 2 aromatic carbocycles. The number of amides is 1. The van der Waals surface area contributed by atoms with Gasteiger partial charge in [0.2, 0.25) is 0 Å². The number of hydrogen-bond acceptors (Lipinski definition) is 4. The molecule has 2 heterocycles. The first-order chi connectivity index (χ1) is 13.5. The number of nitrogens with zero attached hydrogens (tertiary/aromatic N) is 1. The number of rotatable bonds is 3. The van der Waals surface area contributed by atoms with Crippen molar-refractivity contribution < 1.29 is 19.1 Å². The summed E-state index contributed by atoms with van der Waals surface area (Å²) < 4.78 is 6.33. The van der Waals surface area contributed by atoms with Gasteiger partial charge in [0, 0.05) is 20.7 Å². The highest BCUT2D eigenvalue weighted by Crippen LogP contribution is 2.42. The van der Waals surface area contributed by atoms with Crippen LogP contribution in [-0.2, 0) is 9.59 Å². The quantitative estimate of drug-likeness (QED) is 0.327. The molecule has 0 saturated carbocycles. The smallest absolute Gasteiger partial charge is 0.300 e. The van der Waals surface area contributed by atoms with Crippen molar-refractivity contribution in [2.75, 3.05) is 4.90 Å². The van der Waals surface area contributed by atoms with Crippen LogP contribution in [0.3, 0.4) is 0 Å². The van der Waals surface area contributed by atoms with Crippen LogP contribution < -0.4 is 4.90 Å². The largest absolute Gasteiger partial charge is 0.507 e. The third-order valence-electron chi connectivity index (χ3n) is 4.48. The van der Waals surface area contributed by atoms with Crippen molar-refractivity contribution in [1.82, 2.24) is 0 Å².